The monoisotopic (exact) mass is 1430 g/mol. The number of likely N-dealkylation sites (N-methyl/N-ethyl adjacent to an activating group) is 6. The van der Waals surface area contributed by atoms with Crippen LogP contribution < -0.4 is 16.0 Å². The predicted molar refractivity (Wildman–Crippen MR) is 371 cm³/mol. The molecule has 1 saturated carbocycles. The van der Waals surface area contributed by atoms with Crippen LogP contribution in [0.25, 0.3) is 0 Å². The summed E-state index contributed by atoms with van der Waals surface area (Å²) in [5.74, 6) is -7.99. The van der Waals surface area contributed by atoms with Gasteiger partial charge in [0, 0.05) is 80.9 Å². The third-order valence-electron chi connectivity index (χ3n) is 21.3. The Kier molecular flexibility index (Phi) is 30.5. The van der Waals surface area contributed by atoms with Gasteiger partial charge in [-0.2, -0.15) is 13.2 Å². The molecular weight excluding hydrogens is 1320 g/mol. The van der Waals surface area contributed by atoms with Gasteiger partial charge in [0.1, 0.15) is 54.4 Å². The van der Waals surface area contributed by atoms with Crippen molar-refractivity contribution in [3.63, 3.8) is 0 Å². The van der Waals surface area contributed by atoms with E-state index in [0.717, 1.165) is 50.7 Å². The van der Waals surface area contributed by atoms with E-state index in [9.17, 15) is 61.1 Å². The molecule has 28 heteroatoms. The number of hydrogen-bond donors (Lipinski definition) is 3. The van der Waals surface area contributed by atoms with Gasteiger partial charge >= 0.3 is 6.18 Å². The first-order valence-corrected chi connectivity index (χ1v) is 36.8. The summed E-state index contributed by atoms with van der Waals surface area (Å²) in [5.41, 5.74) is -0.727. The number of carbonyl (C=O) groups is 12. The van der Waals surface area contributed by atoms with Gasteiger partial charge in [0.05, 0.1) is 23.6 Å². The molecule has 4 saturated heterocycles. The van der Waals surface area contributed by atoms with E-state index in [-0.39, 0.29) is 89.4 Å². The van der Waals surface area contributed by atoms with Crippen LogP contribution in [0.15, 0.2) is 18.2 Å². The highest BCUT2D eigenvalue weighted by Gasteiger charge is 2.48. The van der Waals surface area contributed by atoms with Gasteiger partial charge in [-0.15, -0.1) is 0 Å². The Balaban J connectivity index is 1.36. The molecule has 5 fully saturated rings. The smallest absolute Gasteiger partial charge is 0.354 e. The lowest BCUT2D eigenvalue weighted by molar-refractivity contribution is -0.161. The van der Waals surface area contributed by atoms with Gasteiger partial charge in [-0.3, -0.25) is 57.5 Å². The fraction of sp³-hybridized carbons (Fsp3) is 0.750. The van der Waals surface area contributed by atoms with Gasteiger partial charge in [-0.25, -0.2) is 0 Å². The minimum absolute atomic E-state index is 0.0344. The van der Waals surface area contributed by atoms with Crippen molar-refractivity contribution in [1.29, 1.82) is 0 Å². The molecule has 1 aliphatic carbocycles. The Morgan fingerprint density at radius 1 is 0.640 bits per heavy atom. The molecule has 4 aliphatic heterocycles. The van der Waals surface area contributed by atoms with Crippen LogP contribution in [0.2, 0.25) is 5.02 Å². The molecule has 6 rings (SSSR count). The lowest BCUT2D eigenvalue weighted by Crippen LogP contribution is -2.65. The molecule has 0 radical (unpaired) electrons. The number of likely N-dealkylation sites (tertiary alicyclic amines) is 1. The van der Waals surface area contributed by atoms with E-state index in [2.05, 4.69) is 16.0 Å². The van der Waals surface area contributed by atoms with Crippen molar-refractivity contribution >= 4 is 82.5 Å². The minimum Gasteiger partial charge on any atom is -0.354 e. The van der Waals surface area contributed by atoms with Crippen molar-refractivity contribution in [2.45, 2.75) is 244 Å². The number of benzene rings is 1. The number of hydrogen-bond acceptors (Lipinski definition) is 12. The molecule has 5 aliphatic rings. The van der Waals surface area contributed by atoms with Crippen LogP contribution in [0.3, 0.4) is 0 Å². The zero-order valence-electron chi connectivity index (χ0n) is 61.3. The molecule has 12 amide bonds. The van der Waals surface area contributed by atoms with Crippen LogP contribution in [0.4, 0.5) is 13.2 Å². The molecule has 24 nitrogen and oxygen atoms in total. The average Bonchev–Trinajstić information content (AvgIpc) is 1.02. The number of alkyl halides is 3. The summed E-state index contributed by atoms with van der Waals surface area (Å²) in [6, 6.07) is -7.22. The highest BCUT2D eigenvalue weighted by Crippen LogP contribution is 2.36. The second-order valence-electron chi connectivity index (χ2n) is 29.2. The number of fused-ring (bicyclic) bond motifs is 2. The molecule has 0 spiro atoms. The second-order valence-corrected chi connectivity index (χ2v) is 29.6. The summed E-state index contributed by atoms with van der Waals surface area (Å²) in [4.78, 5) is 189. The zero-order valence-corrected chi connectivity index (χ0v) is 62.0. The SMILES string of the molecule is CC[C@H](C)[C@@H]1NC(=O)[C@H](CC(C)C)N(C)C(=O)C[C@@H](C(=O)N2CCCCC2)N(C)C(=O)[C@H](C(C)C)N(C)C(=O)CCCCNC(=O)[C@@H]2CCCN2C(=O)[C@H](CCc2ccc(C(F)(F)F)c(Cl)c2)NC(=O)CN(C)C(=O)[C@H](CC2CCCCC2)N(CC)C(=O)[C@@H]2CCN2C(=O)[C@H](C)N(C)C1=O. The molecule has 10 atom stereocenters. The van der Waals surface area contributed by atoms with Crippen LogP contribution in [0.1, 0.15) is 189 Å². The number of nitrogens with zero attached hydrogens (tertiary/aromatic N) is 9. The van der Waals surface area contributed by atoms with Crippen molar-refractivity contribution in [1.82, 2.24) is 60.0 Å². The molecule has 1 aromatic rings. The van der Waals surface area contributed by atoms with Crippen molar-refractivity contribution < 1.29 is 70.7 Å². The first-order chi connectivity index (χ1) is 47.1. The Morgan fingerprint density at radius 2 is 1.29 bits per heavy atom. The van der Waals surface area contributed by atoms with E-state index < -0.39 is 167 Å². The summed E-state index contributed by atoms with van der Waals surface area (Å²) < 4.78 is 41.3. The first kappa shape index (κ1) is 81.9. The van der Waals surface area contributed by atoms with Gasteiger partial charge in [0.2, 0.25) is 70.9 Å². The summed E-state index contributed by atoms with van der Waals surface area (Å²) in [6.07, 6.45) is 3.52. The predicted octanol–water partition coefficient (Wildman–Crippen LogP) is 6.28. The molecule has 0 aromatic heterocycles. The van der Waals surface area contributed by atoms with Gasteiger partial charge < -0.3 is 60.0 Å². The normalized spacial score (nSPS) is 27.0. The molecule has 3 N–H and O–H groups in total. The molecule has 4 heterocycles. The topological polar surface area (TPSA) is 270 Å². The number of aryl methyl sites for hydroxylation is 1. The average molecular weight is 1430 g/mol. The standard InChI is InChI=1S/C72H112ClF3N12O12/c1-14-46(7)61-70(99)81(10)47(8)65(94)88-38-33-54(88)69(98)86(15-2)57(41-48-25-18-16-19-26-48)67(96)80(9)43-58(89)78-52(32-30-49-29-31-50(51(73)40-49)72(74,75)76)66(95)87-37-24-27-53(87)63(92)77-34-21-20-28-59(90)84(13)62(45(5)6)71(100)83(12)56(68(97)85-35-22-17-23-36-85)42-60(91)82(11)55(39-44(3)4)64(93)79-61/h29,31,40,44-48,52-57,61-62H,14-28,30,32-39,41-43H2,1-13H3,(H,77,92)(H,78,89)(H,79,93)/t46-,47-,52-,53-,54-,55-,56-,57-,61-,62-/m0/s1. The summed E-state index contributed by atoms with van der Waals surface area (Å²) in [5, 5.41) is 8.03. The highest BCUT2D eigenvalue weighted by molar-refractivity contribution is 6.31. The van der Waals surface area contributed by atoms with Crippen molar-refractivity contribution in [3.8, 4) is 0 Å². The lowest BCUT2D eigenvalue weighted by atomic mass is 9.84. The highest BCUT2D eigenvalue weighted by atomic mass is 35.5. The van der Waals surface area contributed by atoms with Crippen molar-refractivity contribution in [2.24, 2.45) is 23.7 Å². The van der Waals surface area contributed by atoms with E-state index in [1.54, 1.807) is 32.6 Å². The maximum absolute atomic E-state index is 15.1. The third-order valence-corrected chi connectivity index (χ3v) is 21.6. The van der Waals surface area contributed by atoms with Crippen LogP contribution in [-0.2, 0) is 70.1 Å². The van der Waals surface area contributed by atoms with E-state index >= 15 is 9.59 Å². The van der Waals surface area contributed by atoms with Crippen molar-refractivity contribution in [3.05, 3.63) is 34.3 Å². The Labute approximate surface area is 594 Å². The number of carbonyl (C=O) groups excluding carboxylic acids is 12. The molecule has 0 bridgehead atoms. The van der Waals surface area contributed by atoms with Gasteiger partial charge in [0.25, 0.3) is 0 Å². The minimum atomic E-state index is -4.74. The fourth-order valence-electron chi connectivity index (χ4n) is 14.7. The van der Waals surface area contributed by atoms with Crippen LogP contribution in [0, 0.1) is 23.7 Å². The summed E-state index contributed by atoms with van der Waals surface area (Å²) in [6.45, 7) is 14.8. The fourth-order valence-corrected chi connectivity index (χ4v) is 15.0. The summed E-state index contributed by atoms with van der Waals surface area (Å²) in [7, 11) is 7.23. The second kappa shape index (κ2) is 37.2. The number of nitrogens with one attached hydrogen (secondary N) is 3. The van der Waals surface area contributed by atoms with Crippen LogP contribution >= 0.6 is 11.6 Å². The van der Waals surface area contributed by atoms with Gasteiger partial charge in [0.15, 0.2) is 0 Å². The Hall–Kier alpha value is -7.06. The Bertz CT molecular complexity index is 3070. The largest absolute Gasteiger partial charge is 0.417 e. The van der Waals surface area contributed by atoms with Gasteiger partial charge in [-0.1, -0.05) is 97.7 Å². The molecular formula is C72H112ClF3N12O12. The van der Waals surface area contributed by atoms with Crippen molar-refractivity contribution in [2.75, 3.05) is 81.1 Å². The number of piperidine rings is 1. The van der Waals surface area contributed by atoms with E-state index in [1.165, 1.54) is 87.4 Å². The van der Waals surface area contributed by atoms with E-state index in [4.69, 9.17) is 11.6 Å². The third kappa shape index (κ3) is 20.8. The lowest BCUT2D eigenvalue weighted by Gasteiger charge is -2.46. The first-order valence-electron chi connectivity index (χ1n) is 36.4. The number of amides is 12. The molecule has 1 aromatic carbocycles. The summed E-state index contributed by atoms with van der Waals surface area (Å²) >= 11 is 6.12. The van der Waals surface area contributed by atoms with Crippen LogP contribution in [0.5, 0.6) is 0 Å². The Morgan fingerprint density at radius 3 is 1.88 bits per heavy atom. The molecule has 100 heavy (non-hydrogen) atoms. The maximum Gasteiger partial charge on any atom is 0.417 e. The van der Waals surface area contributed by atoms with E-state index in [0.29, 0.717) is 50.8 Å². The molecule has 0 unspecified atom stereocenters. The zero-order chi connectivity index (χ0) is 74.2. The van der Waals surface area contributed by atoms with E-state index in [1.807, 2.05) is 20.8 Å². The van der Waals surface area contributed by atoms with Gasteiger partial charge in [-0.05, 0) is 132 Å². The number of rotatable bonds is 12. The quantitative estimate of drug-likeness (QED) is 0.209. The molecule has 560 valence electrons. The maximum atomic E-state index is 15.1. The van der Waals surface area contributed by atoms with Crippen LogP contribution in [-0.4, -0.2) is 250 Å². The number of halogens is 4.